The molecule has 0 spiro atoms. The second-order valence-corrected chi connectivity index (χ2v) is 6.79. The van der Waals surface area contributed by atoms with Crippen LogP contribution in [0.3, 0.4) is 0 Å². The molecule has 122 valence electrons. The lowest BCUT2D eigenvalue weighted by Crippen LogP contribution is -2.45. The fourth-order valence-electron chi connectivity index (χ4n) is 2.55. The lowest BCUT2D eigenvalue weighted by atomic mass is 10.0. The van der Waals surface area contributed by atoms with E-state index in [1.165, 1.54) is 6.07 Å². The molecule has 2 amide bonds. The van der Waals surface area contributed by atoms with Crippen molar-refractivity contribution < 1.29 is 14.3 Å². The van der Waals surface area contributed by atoms with Crippen LogP contribution in [0.1, 0.15) is 31.2 Å². The summed E-state index contributed by atoms with van der Waals surface area (Å²) in [7, 11) is 0. The minimum Gasteiger partial charge on any atom is -0.388 e. The average Bonchev–Trinajstić information content (AvgIpc) is 2.94. The molecular formula is C16H23FN2O2S. The van der Waals surface area contributed by atoms with E-state index in [-0.39, 0.29) is 11.8 Å². The van der Waals surface area contributed by atoms with Crippen LogP contribution in [-0.2, 0) is 5.75 Å². The molecule has 1 aromatic rings. The molecule has 1 aliphatic carbocycles. The van der Waals surface area contributed by atoms with Gasteiger partial charge in [-0.3, -0.25) is 0 Å². The van der Waals surface area contributed by atoms with Crippen molar-refractivity contribution in [1.29, 1.82) is 0 Å². The van der Waals surface area contributed by atoms with Crippen molar-refractivity contribution in [3.05, 3.63) is 35.6 Å². The molecule has 0 radical (unpaired) electrons. The van der Waals surface area contributed by atoms with Gasteiger partial charge in [0.2, 0.25) is 0 Å². The molecule has 4 nitrogen and oxygen atoms in total. The zero-order chi connectivity index (χ0) is 15.8. The lowest BCUT2D eigenvalue weighted by molar-refractivity contribution is 0.0501. The van der Waals surface area contributed by atoms with Crippen LogP contribution in [0.15, 0.2) is 24.3 Å². The van der Waals surface area contributed by atoms with Gasteiger partial charge in [-0.1, -0.05) is 31.0 Å². The van der Waals surface area contributed by atoms with Crippen molar-refractivity contribution >= 4 is 17.8 Å². The molecule has 0 bridgehead atoms. The fourth-order valence-corrected chi connectivity index (χ4v) is 3.40. The van der Waals surface area contributed by atoms with Gasteiger partial charge in [-0.05, 0) is 24.5 Å². The van der Waals surface area contributed by atoms with E-state index in [9.17, 15) is 14.3 Å². The first-order valence-electron chi connectivity index (χ1n) is 7.64. The summed E-state index contributed by atoms with van der Waals surface area (Å²) in [5.74, 6) is 1.12. The Balaban J connectivity index is 1.55. The second-order valence-electron chi connectivity index (χ2n) is 5.68. The molecule has 0 heterocycles. The molecule has 0 saturated heterocycles. The highest BCUT2D eigenvalue weighted by Crippen LogP contribution is 2.28. The van der Waals surface area contributed by atoms with Crippen molar-refractivity contribution in [3.63, 3.8) is 0 Å². The van der Waals surface area contributed by atoms with E-state index in [0.717, 1.165) is 25.7 Å². The van der Waals surface area contributed by atoms with Gasteiger partial charge in [0.15, 0.2) is 0 Å². The molecule has 6 heteroatoms. The first-order chi connectivity index (χ1) is 10.6. The number of amides is 2. The minimum atomic E-state index is -0.725. The minimum absolute atomic E-state index is 0.189. The van der Waals surface area contributed by atoms with Gasteiger partial charge in [0.1, 0.15) is 5.82 Å². The molecule has 0 aromatic heterocycles. The van der Waals surface area contributed by atoms with Crippen LogP contribution in [0.5, 0.6) is 0 Å². The number of carbonyl (C=O) groups is 1. The number of urea groups is 1. The molecule has 2 rings (SSSR count). The SMILES string of the molecule is O=C(NCCSCc1ccccc1F)NCC1(O)CCCC1. The molecule has 1 aliphatic rings. The van der Waals surface area contributed by atoms with Crippen LogP contribution in [0.25, 0.3) is 0 Å². The number of hydrogen-bond acceptors (Lipinski definition) is 3. The Labute approximate surface area is 134 Å². The normalized spacial score (nSPS) is 16.5. The van der Waals surface area contributed by atoms with Gasteiger partial charge in [-0.25, -0.2) is 9.18 Å². The molecule has 0 unspecified atom stereocenters. The van der Waals surface area contributed by atoms with Crippen LogP contribution >= 0.6 is 11.8 Å². The highest BCUT2D eigenvalue weighted by Gasteiger charge is 2.31. The number of thioether (sulfide) groups is 1. The summed E-state index contributed by atoms with van der Waals surface area (Å²) in [5.41, 5.74) is -0.0443. The summed E-state index contributed by atoms with van der Waals surface area (Å²) < 4.78 is 13.4. The average molecular weight is 326 g/mol. The monoisotopic (exact) mass is 326 g/mol. The van der Waals surface area contributed by atoms with Crippen LogP contribution in [-0.4, -0.2) is 35.6 Å². The van der Waals surface area contributed by atoms with E-state index in [1.54, 1.807) is 23.9 Å². The summed E-state index contributed by atoms with van der Waals surface area (Å²) in [6, 6.07) is 6.46. The highest BCUT2D eigenvalue weighted by atomic mass is 32.2. The standard InChI is InChI=1S/C16H23FN2O2S/c17-14-6-2-1-5-13(14)11-22-10-9-18-15(20)19-12-16(21)7-3-4-8-16/h1-2,5-6,21H,3-4,7-12H2,(H2,18,19,20). The summed E-state index contributed by atoms with van der Waals surface area (Å²) in [4.78, 5) is 11.6. The van der Waals surface area contributed by atoms with E-state index in [1.807, 2.05) is 6.07 Å². The predicted molar refractivity (Wildman–Crippen MR) is 87.4 cm³/mol. The Morgan fingerprint density at radius 2 is 2.00 bits per heavy atom. The topological polar surface area (TPSA) is 61.4 Å². The predicted octanol–water partition coefficient (Wildman–Crippen LogP) is 2.66. The van der Waals surface area contributed by atoms with Gasteiger partial charge in [-0.2, -0.15) is 11.8 Å². The fraction of sp³-hybridized carbons (Fsp3) is 0.562. The van der Waals surface area contributed by atoms with E-state index in [4.69, 9.17) is 0 Å². The third-order valence-corrected chi connectivity index (χ3v) is 4.87. The highest BCUT2D eigenvalue weighted by molar-refractivity contribution is 7.98. The third kappa shape index (κ3) is 5.50. The Bertz CT molecular complexity index is 493. The summed E-state index contributed by atoms with van der Waals surface area (Å²) in [5, 5.41) is 15.6. The van der Waals surface area contributed by atoms with E-state index in [2.05, 4.69) is 10.6 Å². The number of halogens is 1. The molecule has 3 N–H and O–H groups in total. The second kappa shape index (κ2) is 8.39. The quantitative estimate of drug-likeness (QED) is 0.675. The van der Waals surface area contributed by atoms with Gasteiger partial charge in [-0.15, -0.1) is 0 Å². The number of benzene rings is 1. The van der Waals surface area contributed by atoms with E-state index >= 15 is 0 Å². The van der Waals surface area contributed by atoms with Crippen molar-refractivity contribution in [2.75, 3.05) is 18.8 Å². The Kier molecular flexibility index (Phi) is 6.51. The largest absolute Gasteiger partial charge is 0.388 e. The number of rotatable bonds is 7. The maximum absolute atomic E-state index is 13.4. The first kappa shape index (κ1) is 17.1. The zero-order valence-corrected chi connectivity index (χ0v) is 13.4. The summed E-state index contributed by atoms with van der Waals surface area (Å²) in [6.07, 6.45) is 3.55. The van der Waals surface area contributed by atoms with Gasteiger partial charge < -0.3 is 15.7 Å². The van der Waals surface area contributed by atoms with Crippen molar-refractivity contribution in [2.24, 2.45) is 0 Å². The van der Waals surface area contributed by atoms with E-state index < -0.39 is 5.60 Å². The smallest absolute Gasteiger partial charge is 0.314 e. The Hall–Kier alpha value is -1.27. The van der Waals surface area contributed by atoms with Gasteiger partial charge in [0.05, 0.1) is 5.60 Å². The summed E-state index contributed by atoms with van der Waals surface area (Å²) >= 11 is 1.57. The lowest BCUT2D eigenvalue weighted by Gasteiger charge is -2.22. The van der Waals surface area contributed by atoms with Crippen LogP contribution < -0.4 is 10.6 Å². The number of hydrogen-bond donors (Lipinski definition) is 3. The molecule has 0 atom stereocenters. The molecule has 1 aromatic carbocycles. The Morgan fingerprint density at radius 1 is 1.27 bits per heavy atom. The maximum atomic E-state index is 13.4. The van der Waals surface area contributed by atoms with E-state index in [0.29, 0.717) is 30.2 Å². The molecule has 1 saturated carbocycles. The van der Waals surface area contributed by atoms with Crippen LogP contribution in [0.2, 0.25) is 0 Å². The van der Waals surface area contributed by atoms with Gasteiger partial charge >= 0.3 is 6.03 Å². The number of carbonyl (C=O) groups excluding carboxylic acids is 1. The molecular weight excluding hydrogens is 303 g/mol. The van der Waals surface area contributed by atoms with Gasteiger partial charge in [0, 0.05) is 24.6 Å². The van der Waals surface area contributed by atoms with Gasteiger partial charge in [0.25, 0.3) is 0 Å². The summed E-state index contributed by atoms with van der Waals surface area (Å²) in [6.45, 7) is 0.824. The molecule has 22 heavy (non-hydrogen) atoms. The molecule has 0 aliphatic heterocycles. The van der Waals surface area contributed by atoms with Crippen molar-refractivity contribution in [3.8, 4) is 0 Å². The number of nitrogens with one attached hydrogen (secondary N) is 2. The van der Waals surface area contributed by atoms with Crippen molar-refractivity contribution in [2.45, 2.75) is 37.0 Å². The van der Waals surface area contributed by atoms with Crippen LogP contribution in [0.4, 0.5) is 9.18 Å². The first-order valence-corrected chi connectivity index (χ1v) is 8.80. The zero-order valence-electron chi connectivity index (χ0n) is 12.6. The third-order valence-electron chi connectivity index (χ3n) is 3.86. The van der Waals surface area contributed by atoms with Crippen LogP contribution in [0, 0.1) is 5.82 Å². The Morgan fingerprint density at radius 3 is 2.73 bits per heavy atom. The number of aliphatic hydroxyl groups is 1. The maximum Gasteiger partial charge on any atom is 0.314 e. The molecule has 1 fully saturated rings. The van der Waals surface area contributed by atoms with Crippen molar-refractivity contribution in [1.82, 2.24) is 10.6 Å².